The number of amides is 1. The Kier molecular flexibility index (Phi) is 3.57. The van der Waals surface area contributed by atoms with Gasteiger partial charge in [0.1, 0.15) is 0 Å². The van der Waals surface area contributed by atoms with Gasteiger partial charge >= 0.3 is 12.1 Å². The summed E-state index contributed by atoms with van der Waals surface area (Å²) in [5.74, 6) is -1.71. The van der Waals surface area contributed by atoms with Crippen molar-refractivity contribution in [1.82, 2.24) is 0 Å². The molecule has 6 heteroatoms. The molecule has 1 aromatic carbocycles. The van der Waals surface area contributed by atoms with Crippen molar-refractivity contribution >= 4 is 23.2 Å². The van der Waals surface area contributed by atoms with Crippen molar-refractivity contribution in [2.75, 3.05) is 5.32 Å². The number of anilines is 1. The van der Waals surface area contributed by atoms with Crippen molar-refractivity contribution in [3.8, 4) is 0 Å². The molecule has 0 saturated heterocycles. The van der Waals surface area contributed by atoms with Gasteiger partial charge in [-0.25, -0.2) is 0 Å². The van der Waals surface area contributed by atoms with Crippen molar-refractivity contribution in [3.63, 3.8) is 0 Å². The van der Waals surface area contributed by atoms with E-state index in [9.17, 15) is 18.0 Å². The van der Waals surface area contributed by atoms with Crippen LogP contribution < -0.4 is 5.32 Å². The Bertz CT molecular complexity index is 347. The van der Waals surface area contributed by atoms with Gasteiger partial charge in [0, 0.05) is 11.6 Å². The van der Waals surface area contributed by atoms with E-state index in [0.717, 1.165) is 5.56 Å². The predicted molar refractivity (Wildman–Crippen MR) is 50.7 cm³/mol. The van der Waals surface area contributed by atoms with Crippen LogP contribution in [-0.2, 0) is 10.7 Å². The third kappa shape index (κ3) is 3.43. The number of hydrogen-bond donors (Lipinski definition) is 1. The Morgan fingerprint density at radius 1 is 1.27 bits per heavy atom. The SMILES string of the molecule is O=C(Nc1ccc(CCl)cc1)C(F)(F)F. The van der Waals surface area contributed by atoms with E-state index in [0.29, 0.717) is 0 Å². The van der Waals surface area contributed by atoms with Gasteiger partial charge < -0.3 is 5.32 Å². The molecule has 0 aliphatic rings. The standard InChI is InChI=1S/C9H7ClF3NO/c10-5-6-1-3-7(4-2-6)14-8(15)9(11,12)13/h1-4H,5H2,(H,14,15). The smallest absolute Gasteiger partial charge is 0.318 e. The number of halogens is 4. The summed E-state index contributed by atoms with van der Waals surface area (Å²) in [6.07, 6.45) is -4.87. The molecule has 1 N–H and O–H groups in total. The number of carbonyl (C=O) groups is 1. The Morgan fingerprint density at radius 2 is 1.80 bits per heavy atom. The maximum absolute atomic E-state index is 11.8. The number of nitrogens with one attached hydrogen (secondary N) is 1. The molecule has 0 heterocycles. The van der Waals surface area contributed by atoms with Crippen molar-refractivity contribution in [1.29, 1.82) is 0 Å². The topological polar surface area (TPSA) is 29.1 Å². The van der Waals surface area contributed by atoms with E-state index >= 15 is 0 Å². The number of hydrogen-bond acceptors (Lipinski definition) is 1. The van der Waals surface area contributed by atoms with Gasteiger partial charge in [-0.15, -0.1) is 11.6 Å². The summed E-state index contributed by atoms with van der Waals surface area (Å²) in [6.45, 7) is 0. The molecule has 0 fully saturated rings. The van der Waals surface area contributed by atoms with E-state index in [-0.39, 0.29) is 11.6 Å². The van der Waals surface area contributed by atoms with E-state index in [4.69, 9.17) is 11.6 Å². The second-order valence-electron chi connectivity index (χ2n) is 2.78. The van der Waals surface area contributed by atoms with E-state index in [1.807, 2.05) is 0 Å². The van der Waals surface area contributed by atoms with Gasteiger partial charge in [0.2, 0.25) is 0 Å². The Labute approximate surface area is 89.0 Å². The first-order chi connectivity index (χ1) is 6.93. The summed E-state index contributed by atoms with van der Waals surface area (Å²) in [5.41, 5.74) is 0.855. The second kappa shape index (κ2) is 4.53. The third-order valence-electron chi connectivity index (χ3n) is 1.62. The van der Waals surface area contributed by atoms with Crippen molar-refractivity contribution < 1.29 is 18.0 Å². The Balaban J connectivity index is 2.70. The molecular formula is C9H7ClF3NO. The van der Waals surface area contributed by atoms with E-state index in [1.54, 1.807) is 17.4 Å². The van der Waals surface area contributed by atoms with Crippen LogP contribution in [0, 0.1) is 0 Å². The van der Waals surface area contributed by atoms with Gasteiger partial charge in [0.05, 0.1) is 0 Å². The molecule has 0 atom stereocenters. The normalized spacial score (nSPS) is 11.2. The summed E-state index contributed by atoms with van der Waals surface area (Å²) >= 11 is 5.49. The lowest BCUT2D eigenvalue weighted by Gasteiger charge is -2.07. The van der Waals surface area contributed by atoms with Crippen LogP contribution in [0.4, 0.5) is 18.9 Å². The highest BCUT2D eigenvalue weighted by molar-refractivity contribution is 6.17. The van der Waals surface area contributed by atoms with Gasteiger partial charge in [-0.3, -0.25) is 4.79 Å². The number of carbonyl (C=O) groups excluding carboxylic acids is 1. The molecule has 82 valence electrons. The lowest BCUT2D eigenvalue weighted by molar-refractivity contribution is -0.167. The summed E-state index contributed by atoms with van der Waals surface area (Å²) < 4.78 is 35.5. The Morgan fingerprint density at radius 3 is 2.20 bits per heavy atom. The average Bonchev–Trinajstić information content (AvgIpc) is 2.17. The molecule has 0 radical (unpaired) electrons. The summed E-state index contributed by atoms with van der Waals surface area (Å²) in [6, 6.07) is 5.81. The van der Waals surface area contributed by atoms with Crippen molar-refractivity contribution in [2.24, 2.45) is 0 Å². The molecule has 15 heavy (non-hydrogen) atoms. The number of rotatable bonds is 2. The fraction of sp³-hybridized carbons (Fsp3) is 0.222. The highest BCUT2D eigenvalue weighted by Gasteiger charge is 2.38. The number of benzene rings is 1. The summed E-state index contributed by atoms with van der Waals surface area (Å²) in [5, 5.41) is 1.73. The van der Waals surface area contributed by atoms with Crippen LogP contribution >= 0.6 is 11.6 Å². The van der Waals surface area contributed by atoms with Crippen LogP contribution in [0.1, 0.15) is 5.56 Å². The molecule has 0 aliphatic carbocycles. The molecule has 1 rings (SSSR count). The molecule has 1 aromatic rings. The first-order valence-corrected chi connectivity index (χ1v) is 4.50. The zero-order valence-electron chi connectivity index (χ0n) is 7.44. The molecule has 0 aliphatic heterocycles. The van der Waals surface area contributed by atoms with E-state index < -0.39 is 12.1 Å². The highest BCUT2D eigenvalue weighted by Crippen LogP contribution is 2.18. The van der Waals surface area contributed by atoms with Gasteiger partial charge in [-0.2, -0.15) is 13.2 Å². The lowest BCUT2D eigenvalue weighted by atomic mass is 10.2. The monoisotopic (exact) mass is 237 g/mol. The molecular weight excluding hydrogens is 231 g/mol. The van der Waals surface area contributed by atoms with Gasteiger partial charge in [0.25, 0.3) is 0 Å². The van der Waals surface area contributed by atoms with E-state index in [1.165, 1.54) is 12.1 Å². The quantitative estimate of drug-likeness (QED) is 0.788. The van der Waals surface area contributed by atoms with Crippen LogP contribution in [0.5, 0.6) is 0 Å². The minimum atomic E-state index is -4.87. The molecule has 0 bridgehead atoms. The molecule has 0 unspecified atom stereocenters. The first-order valence-electron chi connectivity index (χ1n) is 3.96. The van der Waals surface area contributed by atoms with Crippen LogP contribution in [0.15, 0.2) is 24.3 Å². The van der Waals surface area contributed by atoms with Gasteiger partial charge in [0.15, 0.2) is 0 Å². The maximum atomic E-state index is 11.8. The minimum absolute atomic E-state index is 0.0891. The van der Waals surface area contributed by atoms with Gasteiger partial charge in [-0.1, -0.05) is 12.1 Å². The second-order valence-corrected chi connectivity index (χ2v) is 3.05. The molecule has 0 saturated carbocycles. The maximum Gasteiger partial charge on any atom is 0.471 e. The average molecular weight is 238 g/mol. The fourth-order valence-corrected chi connectivity index (χ4v) is 1.06. The third-order valence-corrected chi connectivity index (χ3v) is 1.93. The zero-order chi connectivity index (χ0) is 11.5. The van der Waals surface area contributed by atoms with Crippen LogP contribution in [0.25, 0.3) is 0 Å². The zero-order valence-corrected chi connectivity index (χ0v) is 8.19. The lowest BCUT2D eigenvalue weighted by Crippen LogP contribution is -2.29. The number of alkyl halides is 4. The van der Waals surface area contributed by atoms with Crippen molar-refractivity contribution in [3.05, 3.63) is 29.8 Å². The highest BCUT2D eigenvalue weighted by atomic mass is 35.5. The Hall–Kier alpha value is -1.23. The molecule has 1 amide bonds. The predicted octanol–water partition coefficient (Wildman–Crippen LogP) is 2.93. The first kappa shape index (κ1) is 11.8. The van der Waals surface area contributed by atoms with Gasteiger partial charge in [-0.05, 0) is 17.7 Å². The van der Waals surface area contributed by atoms with Crippen molar-refractivity contribution in [2.45, 2.75) is 12.1 Å². The largest absolute Gasteiger partial charge is 0.471 e. The molecule has 2 nitrogen and oxygen atoms in total. The minimum Gasteiger partial charge on any atom is -0.318 e. The van der Waals surface area contributed by atoms with Crippen LogP contribution in [0.3, 0.4) is 0 Å². The van der Waals surface area contributed by atoms with Crippen LogP contribution in [-0.4, -0.2) is 12.1 Å². The summed E-state index contributed by atoms with van der Waals surface area (Å²) in [7, 11) is 0. The fourth-order valence-electron chi connectivity index (χ4n) is 0.879. The summed E-state index contributed by atoms with van der Waals surface area (Å²) in [4.78, 5) is 10.5. The molecule has 0 spiro atoms. The molecule has 0 aromatic heterocycles. The van der Waals surface area contributed by atoms with Crippen LogP contribution in [0.2, 0.25) is 0 Å². The van der Waals surface area contributed by atoms with E-state index in [2.05, 4.69) is 0 Å².